The SMILES string of the molecule is CC(=O)OCc1ccc(NC(=O)[C@H](CCCNC(N)=O)CC(=O)[C@@H](NC(=O)CCCCCN2C(=O)C3C4C=C(C(C)C)C(C4)C3C2=O)C(C)C)cc1. The van der Waals surface area contributed by atoms with Gasteiger partial charge in [0.05, 0.1) is 17.9 Å². The van der Waals surface area contributed by atoms with Crippen molar-refractivity contribution in [3.05, 3.63) is 41.5 Å². The second kappa shape index (κ2) is 18.3. The molecule has 0 aromatic heterocycles. The third-order valence-electron chi connectivity index (χ3n) is 10.5. The molecule has 1 saturated carbocycles. The molecule has 1 aromatic rings. The predicted molar refractivity (Wildman–Crippen MR) is 194 cm³/mol. The number of carbonyl (C=O) groups excluding carboxylic acids is 7. The van der Waals surface area contributed by atoms with E-state index in [9.17, 15) is 33.6 Å². The molecule has 6 amide bonds. The van der Waals surface area contributed by atoms with Gasteiger partial charge in [-0.25, -0.2) is 4.79 Å². The Labute approximate surface area is 306 Å². The summed E-state index contributed by atoms with van der Waals surface area (Å²) >= 11 is 0. The number of primary amides is 1. The average Bonchev–Trinajstić information content (AvgIpc) is 3.75. The van der Waals surface area contributed by atoms with Crippen molar-refractivity contribution in [2.24, 2.45) is 47.2 Å². The molecule has 3 aliphatic rings. The standard InChI is InChI=1S/C39H55N5O8/c1-22(2)29-18-27-19-30(29)34-33(27)37(49)44(38(34)50)17-8-6-7-11-32(47)43-35(23(3)4)31(46)20-26(10-9-16-41-39(40)51)36(48)42-28-14-12-25(13-15-28)21-52-24(5)45/h12-15,18,22-23,26-27,30,33-35H,6-11,16-17,19-21H2,1-5H3,(H,42,48)(H,43,47)(H3,40,41,51)/t26-,27?,30?,33?,34?,35+/m1/s1. The molecule has 13 heteroatoms. The van der Waals surface area contributed by atoms with Crippen LogP contribution < -0.4 is 21.7 Å². The Hall–Kier alpha value is -4.55. The molecule has 4 rings (SSSR count). The number of hydrogen-bond acceptors (Lipinski definition) is 8. The van der Waals surface area contributed by atoms with Crippen molar-refractivity contribution in [2.45, 2.75) is 98.6 Å². The maximum atomic E-state index is 13.6. The molecule has 1 aliphatic heterocycles. The molecule has 2 bridgehead atoms. The van der Waals surface area contributed by atoms with E-state index in [2.05, 4.69) is 35.9 Å². The molecule has 4 unspecified atom stereocenters. The van der Waals surface area contributed by atoms with E-state index in [0.29, 0.717) is 50.3 Å². The number of unbranched alkanes of at least 4 members (excludes halogenated alkanes) is 2. The fourth-order valence-corrected chi connectivity index (χ4v) is 7.93. The molecular formula is C39H55N5O8. The molecule has 284 valence electrons. The number of nitrogens with zero attached hydrogens (tertiary/aromatic N) is 1. The van der Waals surface area contributed by atoms with Crippen molar-refractivity contribution in [1.82, 2.24) is 15.5 Å². The van der Waals surface area contributed by atoms with E-state index < -0.39 is 24.0 Å². The Morgan fingerprint density at radius 3 is 2.27 bits per heavy atom. The number of anilines is 1. The van der Waals surface area contributed by atoms with Gasteiger partial charge in [0.2, 0.25) is 23.6 Å². The zero-order chi connectivity index (χ0) is 38.1. The fraction of sp³-hybridized carbons (Fsp3) is 0.615. The van der Waals surface area contributed by atoms with E-state index in [-0.39, 0.29) is 85.0 Å². The molecule has 0 spiro atoms. The number of urea groups is 1. The van der Waals surface area contributed by atoms with E-state index >= 15 is 0 Å². The molecule has 1 heterocycles. The second-order valence-electron chi connectivity index (χ2n) is 15.1. The summed E-state index contributed by atoms with van der Waals surface area (Å²) in [5, 5.41) is 8.21. The summed E-state index contributed by atoms with van der Waals surface area (Å²) in [6, 6.07) is 5.31. The highest BCUT2D eigenvalue weighted by Crippen LogP contribution is 2.56. The zero-order valence-electron chi connectivity index (χ0n) is 31.1. The van der Waals surface area contributed by atoms with E-state index in [1.165, 1.54) is 17.4 Å². The first-order valence-corrected chi connectivity index (χ1v) is 18.6. The first-order chi connectivity index (χ1) is 24.7. The van der Waals surface area contributed by atoms with Crippen LogP contribution in [0, 0.1) is 41.4 Å². The highest BCUT2D eigenvalue weighted by Gasteiger charge is 2.61. The summed E-state index contributed by atoms with van der Waals surface area (Å²) in [7, 11) is 0. The van der Waals surface area contributed by atoms with Crippen molar-refractivity contribution < 1.29 is 38.3 Å². The minimum absolute atomic E-state index is 0.0462. The fourth-order valence-electron chi connectivity index (χ4n) is 7.93. The number of benzene rings is 1. The number of ketones is 1. The summed E-state index contributed by atoms with van der Waals surface area (Å²) in [4.78, 5) is 90.1. The smallest absolute Gasteiger partial charge is 0.312 e. The van der Waals surface area contributed by atoms with Crippen LogP contribution in [0.2, 0.25) is 0 Å². The van der Waals surface area contributed by atoms with Gasteiger partial charge >= 0.3 is 12.0 Å². The minimum Gasteiger partial charge on any atom is -0.461 e. The Morgan fingerprint density at radius 2 is 1.63 bits per heavy atom. The third kappa shape index (κ3) is 10.3. The highest BCUT2D eigenvalue weighted by molar-refractivity contribution is 6.06. The van der Waals surface area contributed by atoms with Crippen LogP contribution in [-0.4, -0.2) is 65.4 Å². The summed E-state index contributed by atoms with van der Waals surface area (Å²) in [6.07, 6.45) is 5.69. The first kappa shape index (κ1) is 40.2. The number of nitrogens with one attached hydrogen (secondary N) is 3. The molecule has 6 atom stereocenters. The molecule has 52 heavy (non-hydrogen) atoms. The number of allylic oxidation sites excluding steroid dienone is 2. The van der Waals surface area contributed by atoms with Gasteiger partial charge in [-0.2, -0.15) is 0 Å². The first-order valence-electron chi connectivity index (χ1n) is 18.6. The second-order valence-corrected chi connectivity index (χ2v) is 15.1. The van der Waals surface area contributed by atoms with Crippen molar-refractivity contribution in [3.63, 3.8) is 0 Å². The summed E-state index contributed by atoms with van der Waals surface area (Å²) in [5.74, 6) is -2.12. The summed E-state index contributed by atoms with van der Waals surface area (Å²) < 4.78 is 5.00. The van der Waals surface area contributed by atoms with Gasteiger partial charge in [0, 0.05) is 44.5 Å². The number of esters is 1. The maximum absolute atomic E-state index is 13.6. The Morgan fingerprint density at radius 1 is 0.942 bits per heavy atom. The molecule has 0 radical (unpaired) electrons. The van der Waals surface area contributed by atoms with E-state index in [0.717, 1.165) is 12.0 Å². The predicted octanol–water partition coefficient (Wildman–Crippen LogP) is 4.25. The third-order valence-corrected chi connectivity index (χ3v) is 10.5. The van der Waals surface area contributed by atoms with Gasteiger partial charge in [-0.15, -0.1) is 0 Å². The largest absolute Gasteiger partial charge is 0.461 e. The van der Waals surface area contributed by atoms with Gasteiger partial charge in [0.15, 0.2) is 5.78 Å². The van der Waals surface area contributed by atoms with Crippen molar-refractivity contribution in [2.75, 3.05) is 18.4 Å². The van der Waals surface area contributed by atoms with Gasteiger partial charge in [-0.1, -0.05) is 57.9 Å². The number of ether oxygens (including phenoxy) is 1. The van der Waals surface area contributed by atoms with Crippen molar-refractivity contribution in [1.29, 1.82) is 0 Å². The van der Waals surface area contributed by atoms with Crippen LogP contribution in [0.1, 0.15) is 91.5 Å². The number of carbonyl (C=O) groups is 7. The number of amides is 6. The Kier molecular flexibility index (Phi) is 14.1. The summed E-state index contributed by atoms with van der Waals surface area (Å²) in [6.45, 7) is 9.96. The Balaban J connectivity index is 1.25. The lowest BCUT2D eigenvalue weighted by Crippen LogP contribution is -2.45. The van der Waals surface area contributed by atoms with E-state index in [4.69, 9.17) is 10.5 Å². The van der Waals surface area contributed by atoms with Crippen LogP contribution in [-0.2, 0) is 40.1 Å². The molecule has 2 fully saturated rings. The normalized spacial score (nSPS) is 21.5. The van der Waals surface area contributed by atoms with Crippen LogP contribution >= 0.6 is 0 Å². The molecule has 1 saturated heterocycles. The zero-order valence-corrected chi connectivity index (χ0v) is 31.1. The highest BCUT2D eigenvalue weighted by atomic mass is 16.5. The number of rotatable bonds is 20. The monoisotopic (exact) mass is 721 g/mol. The number of hydrogen-bond donors (Lipinski definition) is 4. The maximum Gasteiger partial charge on any atom is 0.312 e. The van der Waals surface area contributed by atoms with Crippen molar-refractivity contribution >= 4 is 47.1 Å². The molecular weight excluding hydrogens is 666 g/mol. The quantitative estimate of drug-likeness (QED) is 0.0664. The summed E-state index contributed by atoms with van der Waals surface area (Å²) in [5.41, 5.74) is 7.74. The number of nitrogens with two attached hydrogens (primary N) is 1. The Bertz CT molecular complexity index is 1540. The van der Waals surface area contributed by atoms with Gasteiger partial charge < -0.3 is 26.4 Å². The molecule has 13 nitrogen and oxygen atoms in total. The van der Waals surface area contributed by atoms with Crippen LogP contribution in [0.15, 0.2) is 35.9 Å². The van der Waals surface area contributed by atoms with Crippen LogP contribution in [0.25, 0.3) is 0 Å². The average molecular weight is 722 g/mol. The van der Waals surface area contributed by atoms with Crippen LogP contribution in [0.3, 0.4) is 0 Å². The number of fused-ring (bicyclic) bond motifs is 5. The van der Waals surface area contributed by atoms with Gasteiger partial charge in [0.1, 0.15) is 6.61 Å². The molecule has 2 aliphatic carbocycles. The van der Waals surface area contributed by atoms with E-state index in [1.807, 2.05) is 13.8 Å². The number of Topliss-reactive ketones (excluding diaryl/α,β-unsaturated/α-hetero) is 1. The number of likely N-dealkylation sites (tertiary alicyclic amines) is 1. The van der Waals surface area contributed by atoms with Gasteiger partial charge in [0.25, 0.3) is 0 Å². The van der Waals surface area contributed by atoms with Gasteiger partial charge in [-0.3, -0.25) is 33.7 Å². The minimum atomic E-state index is -0.800. The van der Waals surface area contributed by atoms with Crippen molar-refractivity contribution in [3.8, 4) is 0 Å². The topological polar surface area (TPSA) is 194 Å². The lowest BCUT2D eigenvalue weighted by atomic mass is 9.78. The molecule has 1 aromatic carbocycles. The van der Waals surface area contributed by atoms with Gasteiger partial charge in [-0.05, 0) is 73.5 Å². The van der Waals surface area contributed by atoms with Crippen LogP contribution in [0.4, 0.5) is 10.5 Å². The van der Waals surface area contributed by atoms with E-state index in [1.54, 1.807) is 24.3 Å². The lowest BCUT2D eigenvalue weighted by Gasteiger charge is -2.24. The number of imide groups is 1. The lowest BCUT2D eigenvalue weighted by molar-refractivity contribution is -0.142. The van der Waals surface area contributed by atoms with Crippen LogP contribution in [0.5, 0.6) is 0 Å². The molecule has 5 N–H and O–H groups in total.